The molecule has 0 unspecified atom stereocenters. The van der Waals surface area contributed by atoms with Crippen molar-refractivity contribution in [3.8, 4) is 45.5 Å². The highest BCUT2D eigenvalue weighted by Gasteiger charge is 2.19. The maximum absolute atomic E-state index is 10.6. The number of rotatable bonds is 3. The van der Waals surface area contributed by atoms with Crippen LogP contribution in [0.1, 0.15) is 11.1 Å². The highest BCUT2D eigenvalue weighted by atomic mass is 16.3. The summed E-state index contributed by atoms with van der Waals surface area (Å²) < 4.78 is 12.3. The summed E-state index contributed by atoms with van der Waals surface area (Å²) in [4.78, 5) is 0. The lowest BCUT2D eigenvalue weighted by Gasteiger charge is -2.15. The standard InChI is InChI=1S/C38H20N2O2/c39-21-25-7-1-2-8-27(25)26-18-31(23-14-16-37-33(17-23)29-10-4-6-12-36(29)41-37)34(22-40)32(19-26)24-13-15-30-28-9-3-5-11-35(28)42-38(30)20-24/h1-20H. The summed E-state index contributed by atoms with van der Waals surface area (Å²) in [6, 6.07) is 44.5. The molecule has 194 valence electrons. The van der Waals surface area contributed by atoms with Gasteiger partial charge in [-0.2, -0.15) is 10.5 Å². The van der Waals surface area contributed by atoms with Crippen LogP contribution in [0.3, 0.4) is 0 Å². The highest BCUT2D eigenvalue weighted by molar-refractivity contribution is 6.08. The van der Waals surface area contributed by atoms with Crippen LogP contribution in [0.2, 0.25) is 0 Å². The first-order valence-electron chi connectivity index (χ1n) is 13.6. The molecule has 0 fully saturated rings. The van der Waals surface area contributed by atoms with Crippen LogP contribution < -0.4 is 0 Å². The Bertz CT molecular complexity index is 2450. The molecule has 4 heteroatoms. The van der Waals surface area contributed by atoms with Crippen LogP contribution in [0.15, 0.2) is 130 Å². The second-order valence-electron chi connectivity index (χ2n) is 10.3. The van der Waals surface area contributed by atoms with Gasteiger partial charge < -0.3 is 8.83 Å². The Hall–Kier alpha value is -6.10. The molecule has 0 aliphatic rings. The van der Waals surface area contributed by atoms with Gasteiger partial charge in [0.05, 0.1) is 17.2 Å². The quantitative estimate of drug-likeness (QED) is 0.225. The van der Waals surface area contributed by atoms with Gasteiger partial charge in [-0.1, -0.05) is 66.7 Å². The Kier molecular flexibility index (Phi) is 5.22. The van der Waals surface area contributed by atoms with Crippen LogP contribution in [0.5, 0.6) is 0 Å². The summed E-state index contributed by atoms with van der Waals surface area (Å²) in [5.41, 5.74) is 9.31. The fraction of sp³-hybridized carbons (Fsp3) is 0. The first-order chi connectivity index (χ1) is 20.7. The summed E-state index contributed by atoms with van der Waals surface area (Å²) in [7, 11) is 0. The van der Waals surface area contributed by atoms with Crippen molar-refractivity contribution in [2.45, 2.75) is 0 Å². The summed E-state index contributed by atoms with van der Waals surface area (Å²) in [5.74, 6) is 0. The molecule has 4 nitrogen and oxygen atoms in total. The van der Waals surface area contributed by atoms with Crippen molar-refractivity contribution in [1.82, 2.24) is 0 Å². The molecule has 0 atom stereocenters. The van der Waals surface area contributed by atoms with Crippen molar-refractivity contribution in [2.24, 2.45) is 0 Å². The van der Waals surface area contributed by atoms with Gasteiger partial charge in [0.2, 0.25) is 0 Å². The van der Waals surface area contributed by atoms with Crippen LogP contribution >= 0.6 is 0 Å². The second kappa shape index (κ2) is 9.24. The van der Waals surface area contributed by atoms with E-state index in [4.69, 9.17) is 8.83 Å². The number of nitrogens with zero attached hydrogens (tertiary/aromatic N) is 2. The number of benzene rings is 6. The van der Waals surface area contributed by atoms with Gasteiger partial charge in [0, 0.05) is 32.7 Å². The number of nitriles is 2. The molecule has 0 aliphatic carbocycles. The van der Waals surface area contributed by atoms with Crippen LogP contribution in [-0.2, 0) is 0 Å². The van der Waals surface area contributed by atoms with E-state index < -0.39 is 0 Å². The Morgan fingerprint density at radius 2 is 0.976 bits per heavy atom. The lowest BCUT2D eigenvalue weighted by atomic mass is 9.87. The normalized spacial score (nSPS) is 11.3. The predicted octanol–water partition coefficient (Wildman–Crippen LogP) is 10.2. The molecule has 0 saturated heterocycles. The lowest BCUT2D eigenvalue weighted by molar-refractivity contribution is 0.668. The minimum Gasteiger partial charge on any atom is -0.456 e. The second-order valence-corrected chi connectivity index (χ2v) is 10.3. The summed E-state index contributed by atoms with van der Waals surface area (Å²) >= 11 is 0. The Balaban J connectivity index is 1.42. The van der Waals surface area contributed by atoms with Gasteiger partial charge in [0.1, 0.15) is 28.4 Å². The van der Waals surface area contributed by atoms with Crippen LogP contribution in [0, 0.1) is 22.7 Å². The molecular weight excluding hydrogens is 516 g/mol. The van der Waals surface area contributed by atoms with Crippen molar-refractivity contribution in [1.29, 1.82) is 10.5 Å². The van der Waals surface area contributed by atoms with Crippen molar-refractivity contribution >= 4 is 43.9 Å². The van der Waals surface area contributed by atoms with E-state index in [0.29, 0.717) is 11.1 Å². The average Bonchev–Trinajstić information content (AvgIpc) is 3.61. The average molecular weight is 537 g/mol. The van der Waals surface area contributed by atoms with Crippen molar-refractivity contribution in [3.63, 3.8) is 0 Å². The topological polar surface area (TPSA) is 73.9 Å². The first kappa shape index (κ1) is 23.8. The molecule has 0 amide bonds. The van der Waals surface area contributed by atoms with Gasteiger partial charge in [-0.25, -0.2) is 0 Å². The fourth-order valence-electron chi connectivity index (χ4n) is 5.99. The number of hydrogen-bond acceptors (Lipinski definition) is 4. The maximum atomic E-state index is 10.6. The van der Waals surface area contributed by atoms with Gasteiger partial charge >= 0.3 is 0 Å². The lowest BCUT2D eigenvalue weighted by Crippen LogP contribution is -1.94. The number of para-hydroxylation sites is 2. The molecule has 0 bridgehead atoms. The Labute approximate surface area is 240 Å². The predicted molar refractivity (Wildman–Crippen MR) is 167 cm³/mol. The molecule has 2 heterocycles. The molecule has 42 heavy (non-hydrogen) atoms. The monoisotopic (exact) mass is 536 g/mol. The molecule has 8 aromatic rings. The van der Waals surface area contributed by atoms with Crippen molar-refractivity contribution in [3.05, 3.63) is 132 Å². The molecule has 8 rings (SSSR count). The van der Waals surface area contributed by atoms with Crippen molar-refractivity contribution in [2.75, 3.05) is 0 Å². The molecule has 0 N–H and O–H groups in total. The zero-order valence-corrected chi connectivity index (χ0v) is 22.3. The largest absolute Gasteiger partial charge is 0.456 e. The van der Waals surface area contributed by atoms with Crippen LogP contribution in [-0.4, -0.2) is 0 Å². The molecule has 0 spiro atoms. The minimum absolute atomic E-state index is 0.552. The van der Waals surface area contributed by atoms with Crippen molar-refractivity contribution < 1.29 is 8.83 Å². The minimum atomic E-state index is 0.552. The zero-order chi connectivity index (χ0) is 28.2. The Morgan fingerprint density at radius 3 is 1.71 bits per heavy atom. The van der Waals surface area contributed by atoms with Gasteiger partial charge in [-0.15, -0.1) is 0 Å². The van der Waals surface area contributed by atoms with E-state index in [1.54, 1.807) is 0 Å². The van der Waals surface area contributed by atoms with E-state index in [2.05, 4.69) is 30.3 Å². The third-order valence-corrected chi connectivity index (χ3v) is 7.99. The smallest absolute Gasteiger partial charge is 0.136 e. The summed E-state index contributed by atoms with van der Waals surface area (Å²) in [5, 5.41) is 24.6. The SMILES string of the molecule is N#Cc1ccccc1-c1cc(-c2ccc3c(c2)oc2ccccc23)c(C#N)c(-c2ccc3oc4ccccc4c3c2)c1. The highest BCUT2D eigenvalue weighted by Crippen LogP contribution is 2.41. The molecular formula is C38H20N2O2. The first-order valence-corrected chi connectivity index (χ1v) is 13.6. The molecule has 0 radical (unpaired) electrons. The third kappa shape index (κ3) is 3.60. The van der Waals surface area contributed by atoms with E-state index in [0.717, 1.165) is 77.3 Å². The summed E-state index contributed by atoms with van der Waals surface area (Å²) in [6.45, 7) is 0. The maximum Gasteiger partial charge on any atom is 0.136 e. The van der Waals surface area contributed by atoms with Gasteiger partial charge in [0.25, 0.3) is 0 Å². The van der Waals surface area contributed by atoms with Gasteiger partial charge in [-0.05, 0) is 76.9 Å². The van der Waals surface area contributed by atoms with Crippen LogP contribution in [0.25, 0.3) is 77.3 Å². The van der Waals surface area contributed by atoms with E-state index in [1.165, 1.54) is 0 Å². The summed E-state index contributed by atoms with van der Waals surface area (Å²) in [6.07, 6.45) is 0. The molecule has 2 aromatic heterocycles. The fourth-order valence-corrected chi connectivity index (χ4v) is 5.99. The molecule has 0 aliphatic heterocycles. The number of hydrogen-bond donors (Lipinski definition) is 0. The van der Waals surface area contributed by atoms with E-state index in [1.807, 2.05) is 103 Å². The molecule has 6 aromatic carbocycles. The number of furan rings is 2. The Morgan fingerprint density at radius 1 is 0.405 bits per heavy atom. The molecule has 0 saturated carbocycles. The van der Waals surface area contributed by atoms with E-state index in [9.17, 15) is 10.5 Å². The van der Waals surface area contributed by atoms with Gasteiger partial charge in [0.15, 0.2) is 0 Å². The zero-order valence-electron chi connectivity index (χ0n) is 22.3. The van der Waals surface area contributed by atoms with Gasteiger partial charge in [-0.3, -0.25) is 0 Å². The van der Waals surface area contributed by atoms with Crippen LogP contribution in [0.4, 0.5) is 0 Å². The third-order valence-electron chi connectivity index (χ3n) is 7.99. The number of fused-ring (bicyclic) bond motifs is 6. The van der Waals surface area contributed by atoms with E-state index >= 15 is 0 Å². The van der Waals surface area contributed by atoms with E-state index in [-0.39, 0.29) is 0 Å².